The van der Waals surface area contributed by atoms with E-state index >= 15 is 0 Å². The van der Waals surface area contributed by atoms with Crippen molar-refractivity contribution >= 4 is 21.8 Å². The number of aryl methyl sites for hydroxylation is 1. The van der Waals surface area contributed by atoms with E-state index in [2.05, 4.69) is 4.99 Å². The summed E-state index contributed by atoms with van der Waals surface area (Å²) < 4.78 is 25.1. The largest absolute Gasteiger partial charge is 0.479 e. The molecule has 0 saturated carbocycles. The number of hydrogen-bond acceptors (Lipinski definition) is 5. The van der Waals surface area contributed by atoms with Crippen LogP contribution >= 0.6 is 0 Å². The van der Waals surface area contributed by atoms with Gasteiger partial charge in [-0.15, -0.1) is 0 Å². The number of nitrogens with zero attached hydrogens (tertiary/aromatic N) is 1. The van der Waals surface area contributed by atoms with Crippen molar-refractivity contribution in [2.75, 3.05) is 6.54 Å². The Morgan fingerprint density at radius 2 is 1.82 bits per heavy atom. The van der Waals surface area contributed by atoms with Crippen molar-refractivity contribution in [2.24, 2.45) is 22.2 Å². The highest BCUT2D eigenvalue weighted by atomic mass is 32.2. The van der Waals surface area contributed by atoms with Crippen molar-refractivity contribution in [2.45, 2.75) is 29.5 Å². The van der Waals surface area contributed by atoms with Gasteiger partial charge in [-0.2, -0.15) is 0 Å². The predicted molar refractivity (Wildman–Crippen MR) is 82.8 cm³/mol. The molecule has 1 aromatic carbocycles. The maximum Gasteiger partial charge on any atom is 0.339 e. The van der Waals surface area contributed by atoms with E-state index in [9.17, 15) is 18.3 Å². The van der Waals surface area contributed by atoms with Gasteiger partial charge in [0.15, 0.2) is 5.96 Å². The topological polar surface area (TPSA) is 162 Å². The smallest absolute Gasteiger partial charge is 0.339 e. The quantitative estimate of drug-likeness (QED) is 0.299. The molecule has 7 N–H and O–H groups in total. The van der Waals surface area contributed by atoms with Crippen molar-refractivity contribution in [3.8, 4) is 0 Å². The maximum atomic E-state index is 12.5. The molecule has 22 heavy (non-hydrogen) atoms. The van der Waals surface area contributed by atoms with Gasteiger partial charge in [0.2, 0.25) is 14.7 Å². The second-order valence-electron chi connectivity index (χ2n) is 4.92. The van der Waals surface area contributed by atoms with Crippen molar-refractivity contribution in [1.82, 2.24) is 0 Å². The lowest BCUT2D eigenvalue weighted by atomic mass is 10.1. The molecule has 0 saturated heterocycles. The second kappa shape index (κ2) is 6.75. The van der Waals surface area contributed by atoms with Gasteiger partial charge in [0.05, 0.1) is 4.90 Å². The first-order valence-electron chi connectivity index (χ1n) is 6.50. The van der Waals surface area contributed by atoms with Crippen LogP contribution in [-0.4, -0.2) is 36.9 Å². The van der Waals surface area contributed by atoms with E-state index < -0.39 is 20.7 Å². The van der Waals surface area contributed by atoms with Gasteiger partial charge >= 0.3 is 5.97 Å². The van der Waals surface area contributed by atoms with E-state index in [1.165, 1.54) is 12.1 Å². The maximum absolute atomic E-state index is 12.5. The van der Waals surface area contributed by atoms with Gasteiger partial charge in [0.1, 0.15) is 0 Å². The Morgan fingerprint density at radius 3 is 2.27 bits per heavy atom. The average Bonchev–Trinajstić information content (AvgIpc) is 2.43. The normalized spacial score (nSPS) is 14.1. The fourth-order valence-electron chi connectivity index (χ4n) is 1.83. The standard InChI is InChI=1S/C13H20N4O4S/c1-9-3-5-10(6-4-9)22(20,21)13(16,11(18)19)7-2-8-17-12(14)15/h3-6H,2,7-8,16H2,1H3,(H,18,19)(H4,14,15,17)/t13-/m1/s1. The molecule has 0 aliphatic heterocycles. The Hall–Kier alpha value is -2.13. The highest BCUT2D eigenvalue weighted by Crippen LogP contribution is 2.26. The lowest BCUT2D eigenvalue weighted by molar-refractivity contribution is -0.140. The molecule has 1 aromatic rings. The third kappa shape index (κ3) is 3.74. The molecule has 0 fully saturated rings. The number of benzene rings is 1. The van der Waals surface area contributed by atoms with Gasteiger partial charge in [0, 0.05) is 6.54 Å². The molecule has 8 nitrogen and oxygen atoms in total. The Labute approximate surface area is 128 Å². The summed E-state index contributed by atoms with van der Waals surface area (Å²) >= 11 is 0. The molecule has 1 rings (SSSR count). The van der Waals surface area contributed by atoms with Crippen LogP contribution in [0.25, 0.3) is 0 Å². The summed E-state index contributed by atoms with van der Waals surface area (Å²) in [5, 5.41) is 9.30. The molecular weight excluding hydrogens is 308 g/mol. The van der Waals surface area contributed by atoms with Crippen LogP contribution in [0.15, 0.2) is 34.2 Å². The molecule has 0 heterocycles. The minimum absolute atomic E-state index is 0.0952. The van der Waals surface area contributed by atoms with Crippen LogP contribution in [-0.2, 0) is 14.6 Å². The van der Waals surface area contributed by atoms with E-state index in [-0.39, 0.29) is 30.2 Å². The molecule has 0 aromatic heterocycles. The van der Waals surface area contributed by atoms with Crippen molar-refractivity contribution in [1.29, 1.82) is 0 Å². The van der Waals surface area contributed by atoms with Crippen LogP contribution in [0.4, 0.5) is 0 Å². The monoisotopic (exact) mass is 328 g/mol. The third-order valence-corrected chi connectivity index (χ3v) is 5.40. The first-order chi connectivity index (χ1) is 10.1. The molecule has 0 spiro atoms. The van der Waals surface area contributed by atoms with Crippen LogP contribution in [0.5, 0.6) is 0 Å². The molecule has 9 heteroatoms. The van der Waals surface area contributed by atoms with Gasteiger partial charge in [-0.1, -0.05) is 17.7 Å². The fourth-order valence-corrected chi connectivity index (χ4v) is 3.39. The summed E-state index contributed by atoms with van der Waals surface area (Å²) in [5.41, 5.74) is 16.9. The van der Waals surface area contributed by atoms with E-state index in [1.54, 1.807) is 19.1 Å². The molecule has 0 amide bonds. The summed E-state index contributed by atoms with van der Waals surface area (Å²) in [5.74, 6) is -1.77. The third-order valence-electron chi connectivity index (χ3n) is 3.17. The van der Waals surface area contributed by atoms with Crippen molar-refractivity contribution in [3.05, 3.63) is 29.8 Å². The zero-order valence-corrected chi connectivity index (χ0v) is 13.0. The molecular formula is C13H20N4O4S. The van der Waals surface area contributed by atoms with Gasteiger partial charge in [0.25, 0.3) is 0 Å². The lowest BCUT2D eigenvalue weighted by Crippen LogP contribution is -2.54. The van der Waals surface area contributed by atoms with Gasteiger partial charge in [-0.25, -0.2) is 13.2 Å². The molecule has 0 aliphatic rings. The van der Waals surface area contributed by atoms with E-state index in [4.69, 9.17) is 17.2 Å². The first-order valence-corrected chi connectivity index (χ1v) is 7.98. The van der Waals surface area contributed by atoms with Gasteiger partial charge in [-0.3, -0.25) is 4.99 Å². The molecule has 0 aliphatic carbocycles. The number of carboxylic acids is 1. The Morgan fingerprint density at radius 1 is 1.27 bits per heavy atom. The highest BCUT2D eigenvalue weighted by Gasteiger charge is 2.47. The lowest BCUT2D eigenvalue weighted by Gasteiger charge is -2.24. The summed E-state index contributed by atoms with van der Waals surface area (Å²) in [7, 11) is -4.25. The minimum atomic E-state index is -4.25. The number of guanidine groups is 1. The van der Waals surface area contributed by atoms with Gasteiger partial charge < -0.3 is 22.3 Å². The number of carboxylic acid groups (broad SMARTS) is 1. The van der Waals surface area contributed by atoms with E-state index in [1.807, 2.05) is 0 Å². The van der Waals surface area contributed by atoms with Crippen LogP contribution in [0, 0.1) is 6.92 Å². The number of carbonyl (C=O) groups is 1. The number of nitrogens with two attached hydrogens (primary N) is 3. The minimum Gasteiger partial charge on any atom is -0.479 e. The number of aliphatic imine (C=N–C) groups is 1. The number of rotatable bonds is 7. The van der Waals surface area contributed by atoms with E-state index in [0.717, 1.165) is 5.56 Å². The number of hydrogen-bond donors (Lipinski definition) is 4. The van der Waals surface area contributed by atoms with Crippen molar-refractivity contribution < 1.29 is 18.3 Å². The molecule has 0 bridgehead atoms. The SMILES string of the molecule is Cc1ccc(S(=O)(=O)[C@](N)(CCCN=C(N)N)C(=O)O)cc1. The zero-order chi connectivity index (χ0) is 17.0. The molecule has 0 unspecified atom stereocenters. The summed E-state index contributed by atoms with van der Waals surface area (Å²) in [6.07, 6.45) is -0.193. The second-order valence-corrected chi connectivity index (χ2v) is 7.13. The molecule has 0 radical (unpaired) electrons. The van der Waals surface area contributed by atoms with Crippen LogP contribution < -0.4 is 17.2 Å². The zero-order valence-electron chi connectivity index (χ0n) is 12.2. The average molecular weight is 328 g/mol. The predicted octanol–water partition coefficient (Wildman–Crippen LogP) is -0.438. The van der Waals surface area contributed by atoms with Crippen LogP contribution in [0.1, 0.15) is 18.4 Å². The molecule has 1 atom stereocenters. The summed E-state index contributed by atoms with van der Waals surface area (Å²) in [6.45, 7) is 1.89. The van der Waals surface area contributed by atoms with Gasteiger partial charge in [-0.05, 0) is 31.9 Å². The number of sulfone groups is 1. The first kappa shape index (κ1) is 17.9. The Balaban J connectivity index is 3.09. The summed E-state index contributed by atoms with van der Waals surface area (Å²) in [4.78, 5) is 12.6. The fraction of sp³-hybridized carbons (Fsp3) is 0.385. The highest BCUT2D eigenvalue weighted by molar-refractivity contribution is 7.93. The Kier molecular flexibility index (Phi) is 5.50. The van der Waals surface area contributed by atoms with Crippen molar-refractivity contribution in [3.63, 3.8) is 0 Å². The summed E-state index contributed by atoms with van der Waals surface area (Å²) in [6, 6.07) is 5.83. The van der Waals surface area contributed by atoms with Crippen LogP contribution in [0.2, 0.25) is 0 Å². The molecule has 122 valence electrons. The Bertz CT molecular complexity index is 666. The van der Waals surface area contributed by atoms with E-state index in [0.29, 0.717) is 0 Å². The van der Waals surface area contributed by atoms with Crippen LogP contribution in [0.3, 0.4) is 0 Å². The number of aliphatic carboxylic acids is 1.